The van der Waals surface area contributed by atoms with Crippen molar-refractivity contribution in [3.8, 4) is 0 Å². The van der Waals surface area contributed by atoms with E-state index in [1.54, 1.807) is 0 Å². The third-order valence-electron chi connectivity index (χ3n) is 6.25. The molecule has 0 aromatic heterocycles. The molecule has 1 heterocycles. The SMILES string of the molecule is CCNC(=NCCCC1CCCC1)NC1C2CCOC2C1(C)C. The van der Waals surface area contributed by atoms with Crippen molar-refractivity contribution in [2.45, 2.75) is 77.9 Å². The predicted molar refractivity (Wildman–Crippen MR) is 95.7 cm³/mol. The van der Waals surface area contributed by atoms with Crippen LogP contribution in [-0.4, -0.2) is 37.8 Å². The maximum atomic E-state index is 5.89. The van der Waals surface area contributed by atoms with Crippen molar-refractivity contribution in [2.75, 3.05) is 19.7 Å². The molecule has 4 heteroatoms. The van der Waals surface area contributed by atoms with Gasteiger partial charge in [0, 0.05) is 37.1 Å². The van der Waals surface area contributed by atoms with E-state index < -0.39 is 0 Å². The third-order valence-corrected chi connectivity index (χ3v) is 6.25. The normalized spacial score (nSPS) is 33.3. The van der Waals surface area contributed by atoms with E-state index in [0.717, 1.165) is 31.6 Å². The van der Waals surface area contributed by atoms with E-state index in [1.165, 1.54) is 44.9 Å². The van der Waals surface area contributed by atoms with Gasteiger partial charge in [-0.3, -0.25) is 4.99 Å². The molecule has 3 fully saturated rings. The monoisotopic (exact) mass is 321 g/mol. The van der Waals surface area contributed by atoms with Gasteiger partial charge in [0.2, 0.25) is 0 Å². The molecular formula is C19H35N3O. The van der Waals surface area contributed by atoms with Crippen LogP contribution in [0.4, 0.5) is 0 Å². The lowest BCUT2D eigenvalue weighted by Gasteiger charge is -2.54. The van der Waals surface area contributed by atoms with Gasteiger partial charge in [-0.25, -0.2) is 0 Å². The fraction of sp³-hybridized carbons (Fsp3) is 0.947. The van der Waals surface area contributed by atoms with E-state index in [0.29, 0.717) is 18.1 Å². The van der Waals surface area contributed by atoms with Gasteiger partial charge >= 0.3 is 0 Å². The molecule has 2 N–H and O–H groups in total. The Labute approximate surface area is 141 Å². The smallest absolute Gasteiger partial charge is 0.191 e. The van der Waals surface area contributed by atoms with Crippen LogP contribution in [-0.2, 0) is 4.74 Å². The lowest BCUT2D eigenvalue weighted by molar-refractivity contribution is -0.106. The van der Waals surface area contributed by atoms with Gasteiger partial charge < -0.3 is 15.4 Å². The second-order valence-corrected chi connectivity index (χ2v) is 8.24. The number of aliphatic imine (C=N–C) groups is 1. The summed E-state index contributed by atoms with van der Waals surface area (Å²) in [6.45, 7) is 9.58. The molecule has 3 aliphatic rings. The highest BCUT2D eigenvalue weighted by Crippen LogP contribution is 2.52. The molecule has 3 rings (SSSR count). The molecule has 0 radical (unpaired) electrons. The van der Waals surface area contributed by atoms with Crippen LogP contribution in [0.5, 0.6) is 0 Å². The predicted octanol–water partition coefficient (Wildman–Crippen LogP) is 3.33. The molecule has 4 nitrogen and oxygen atoms in total. The van der Waals surface area contributed by atoms with Crippen LogP contribution in [0.1, 0.15) is 65.7 Å². The zero-order chi connectivity index (χ0) is 16.3. The minimum Gasteiger partial charge on any atom is -0.377 e. The highest BCUT2D eigenvalue weighted by Gasteiger charge is 2.59. The van der Waals surface area contributed by atoms with Crippen LogP contribution in [0.3, 0.4) is 0 Å². The van der Waals surface area contributed by atoms with E-state index in [2.05, 4.69) is 31.4 Å². The number of nitrogens with one attached hydrogen (secondary N) is 2. The van der Waals surface area contributed by atoms with Crippen LogP contribution in [0.15, 0.2) is 4.99 Å². The van der Waals surface area contributed by atoms with E-state index in [4.69, 9.17) is 9.73 Å². The minimum absolute atomic E-state index is 0.210. The molecule has 3 atom stereocenters. The first kappa shape index (κ1) is 17.1. The number of hydrogen-bond acceptors (Lipinski definition) is 2. The number of rotatable bonds is 6. The zero-order valence-electron chi connectivity index (χ0n) is 15.2. The van der Waals surface area contributed by atoms with Crippen molar-refractivity contribution >= 4 is 5.96 Å². The summed E-state index contributed by atoms with van der Waals surface area (Å²) in [5.74, 6) is 2.64. The summed E-state index contributed by atoms with van der Waals surface area (Å²) in [6, 6.07) is 0.489. The fourth-order valence-corrected chi connectivity index (χ4v) is 4.95. The average molecular weight is 322 g/mol. The van der Waals surface area contributed by atoms with E-state index in [-0.39, 0.29) is 5.41 Å². The first-order valence-corrected chi connectivity index (χ1v) is 9.79. The van der Waals surface area contributed by atoms with Crippen LogP contribution in [0.2, 0.25) is 0 Å². The number of nitrogens with zero attached hydrogens (tertiary/aromatic N) is 1. The number of fused-ring (bicyclic) bond motifs is 1. The molecule has 23 heavy (non-hydrogen) atoms. The highest BCUT2D eigenvalue weighted by atomic mass is 16.5. The van der Waals surface area contributed by atoms with Gasteiger partial charge in [-0.2, -0.15) is 0 Å². The molecule has 2 saturated carbocycles. The Kier molecular flexibility index (Phi) is 5.50. The van der Waals surface area contributed by atoms with Crippen LogP contribution in [0, 0.1) is 17.3 Å². The number of guanidine groups is 1. The summed E-state index contributed by atoms with van der Waals surface area (Å²) in [5.41, 5.74) is 0.210. The van der Waals surface area contributed by atoms with Crippen molar-refractivity contribution in [2.24, 2.45) is 22.2 Å². The summed E-state index contributed by atoms with van der Waals surface area (Å²) < 4.78 is 5.89. The maximum absolute atomic E-state index is 5.89. The zero-order valence-corrected chi connectivity index (χ0v) is 15.2. The first-order valence-electron chi connectivity index (χ1n) is 9.79. The average Bonchev–Trinajstić information content (AvgIpc) is 3.18. The Morgan fingerprint density at radius 1 is 1.22 bits per heavy atom. The van der Waals surface area contributed by atoms with Crippen molar-refractivity contribution < 1.29 is 4.74 Å². The highest BCUT2D eigenvalue weighted by molar-refractivity contribution is 5.80. The summed E-state index contributed by atoms with van der Waals surface area (Å²) in [4.78, 5) is 4.83. The van der Waals surface area contributed by atoms with Gasteiger partial charge in [-0.15, -0.1) is 0 Å². The molecule has 1 saturated heterocycles. The topological polar surface area (TPSA) is 45.7 Å². The Morgan fingerprint density at radius 3 is 2.74 bits per heavy atom. The van der Waals surface area contributed by atoms with Crippen LogP contribution < -0.4 is 10.6 Å². The molecule has 2 aliphatic carbocycles. The molecule has 0 spiro atoms. The summed E-state index contributed by atoms with van der Waals surface area (Å²) in [7, 11) is 0. The van der Waals surface area contributed by atoms with Crippen molar-refractivity contribution in [1.29, 1.82) is 0 Å². The maximum Gasteiger partial charge on any atom is 0.191 e. The van der Waals surface area contributed by atoms with Crippen molar-refractivity contribution in [3.05, 3.63) is 0 Å². The number of ether oxygens (including phenoxy) is 1. The molecule has 0 aromatic rings. The molecule has 0 bridgehead atoms. The van der Waals surface area contributed by atoms with E-state index in [1.807, 2.05) is 0 Å². The van der Waals surface area contributed by atoms with Gasteiger partial charge in [0.15, 0.2) is 5.96 Å². The molecule has 132 valence electrons. The second-order valence-electron chi connectivity index (χ2n) is 8.24. The van der Waals surface area contributed by atoms with Crippen LogP contribution in [0.25, 0.3) is 0 Å². The quantitative estimate of drug-likeness (QED) is 0.448. The van der Waals surface area contributed by atoms with Gasteiger partial charge in [0.1, 0.15) is 0 Å². The Hall–Kier alpha value is -0.770. The van der Waals surface area contributed by atoms with Gasteiger partial charge in [-0.05, 0) is 32.1 Å². The van der Waals surface area contributed by atoms with Crippen molar-refractivity contribution in [3.63, 3.8) is 0 Å². The molecule has 0 amide bonds. The first-order chi connectivity index (χ1) is 11.1. The van der Waals surface area contributed by atoms with Gasteiger partial charge in [-0.1, -0.05) is 39.5 Å². The molecule has 0 aromatic carbocycles. The third kappa shape index (κ3) is 3.67. The summed E-state index contributed by atoms with van der Waals surface area (Å²) in [6.07, 6.45) is 9.99. The number of hydrogen-bond donors (Lipinski definition) is 2. The second kappa shape index (κ2) is 7.42. The van der Waals surface area contributed by atoms with E-state index in [9.17, 15) is 0 Å². The fourth-order valence-electron chi connectivity index (χ4n) is 4.95. The lowest BCUT2D eigenvalue weighted by Crippen LogP contribution is -2.67. The summed E-state index contributed by atoms with van der Waals surface area (Å²) >= 11 is 0. The van der Waals surface area contributed by atoms with Crippen LogP contribution >= 0.6 is 0 Å². The Morgan fingerprint density at radius 2 is 2.00 bits per heavy atom. The minimum atomic E-state index is 0.210. The Balaban J connectivity index is 1.48. The van der Waals surface area contributed by atoms with Gasteiger partial charge in [0.25, 0.3) is 0 Å². The van der Waals surface area contributed by atoms with E-state index >= 15 is 0 Å². The molecule has 1 aliphatic heterocycles. The Bertz CT molecular complexity index is 415. The largest absolute Gasteiger partial charge is 0.377 e. The lowest BCUT2D eigenvalue weighted by atomic mass is 9.57. The van der Waals surface area contributed by atoms with Gasteiger partial charge in [0.05, 0.1) is 6.10 Å². The van der Waals surface area contributed by atoms with Crippen molar-refractivity contribution in [1.82, 2.24) is 10.6 Å². The summed E-state index contributed by atoms with van der Waals surface area (Å²) in [5, 5.41) is 7.13. The standard InChI is InChI=1S/C19H35N3O/c1-4-20-18(21-12-7-10-14-8-5-6-9-14)22-16-15-11-13-23-17(15)19(16,2)3/h14-17H,4-13H2,1-3H3,(H2,20,21,22). The molecular weight excluding hydrogens is 286 g/mol. The molecule has 3 unspecified atom stereocenters.